The minimum absolute atomic E-state index is 0.219. The van der Waals surface area contributed by atoms with E-state index in [9.17, 15) is 18.0 Å². The quantitative estimate of drug-likeness (QED) is 0.402. The van der Waals surface area contributed by atoms with Crippen molar-refractivity contribution in [2.45, 2.75) is 29.8 Å². The lowest BCUT2D eigenvalue weighted by Gasteiger charge is -2.13. The smallest absolute Gasteiger partial charge is 0.495 e. The second kappa shape index (κ2) is 10.1. The van der Waals surface area contributed by atoms with Gasteiger partial charge in [-0.1, -0.05) is 29.2 Å². The number of methoxy groups -OCH3 is 1. The molecule has 12 heteroatoms. The molecule has 32 heavy (non-hydrogen) atoms. The van der Waals surface area contributed by atoms with E-state index < -0.39 is 11.6 Å². The highest BCUT2D eigenvalue weighted by Crippen LogP contribution is 2.32. The number of aryl methyl sites for hydroxylation is 1. The number of aromatic nitrogens is 2. The number of ether oxygens (including phenoxy) is 2. The molecule has 0 saturated heterocycles. The summed E-state index contributed by atoms with van der Waals surface area (Å²) in [5, 5.41) is 13.8. The number of nitrogens with one attached hydrogen (secondary N) is 2. The van der Waals surface area contributed by atoms with Crippen molar-refractivity contribution in [2.24, 2.45) is 0 Å². The van der Waals surface area contributed by atoms with Gasteiger partial charge in [0.2, 0.25) is 11.0 Å². The molecule has 1 amide bonds. The fourth-order valence-electron chi connectivity index (χ4n) is 2.53. The molecule has 1 atom stereocenters. The van der Waals surface area contributed by atoms with Crippen LogP contribution in [0.5, 0.6) is 11.5 Å². The molecular weight excluding hydrogens is 465 g/mol. The standard InChI is InChI=1S/C20H19F3N4O3S2/c1-11-4-9-16(29-3)15(10-11)25-17(28)12(2)31-19-27-26-18(32-19)24-13-5-7-14(8-6-13)30-20(21,22)23/h4-10,12H,1-3H3,(H,24,26)(H,25,28). The number of carbonyl (C=O) groups excluding carboxylic acids is 1. The molecule has 170 valence electrons. The maximum Gasteiger partial charge on any atom is 0.573 e. The molecular formula is C20H19F3N4O3S2. The predicted octanol–water partition coefficient (Wildman–Crippen LogP) is 5.62. The first-order valence-electron chi connectivity index (χ1n) is 9.21. The van der Waals surface area contributed by atoms with Crippen LogP contribution in [-0.2, 0) is 4.79 Å². The molecule has 3 aromatic rings. The zero-order chi connectivity index (χ0) is 23.3. The molecule has 0 spiro atoms. The number of alkyl halides is 3. The highest BCUT2D eigenvalue weighted by Gasteiger charge is 2.31. The van der Waals surface area contributed by atoms with Crippen molar-refractivity contribution in [1.29, 1.82) is 0 Å². The minimum Gasteiger partial charge on any atom is -0.495 e. The van der Waals surface area contributed by atoms with Gasteiger partial charge in [-0.15, -0.1) is 23.4 Å². The van der Waals surface area contributed by atoms with Crippen molar-refractivity contribution in [2.75, 3.05) is 17.7 Å². The zero-order valence-corrected chi connectivity index (χ0v) is 18.8. The highest BCUT2D eigenvalue weighted by atomic mass is 32.2. The molecule has 0 saturated carbocycles. The van der Waals surface area contributed by atoms with Crippen LogP contribution in [0.3, 0.4) is 0 Å². The summed E-state index contributed by atoms with van der Waals surface area (Å²) in [6.45, 7) is 3.66. The van der Waals surface area contributed by atoms with Crippen LogP contribution in [0.4, 0.5) is 29.7 Å². The summed E-state index contributed by atoms with van der Waals surface area (Å²) in [5.74, 6) is 0.0284. The van der Waals surface area contributed by atoms with Crippen molar-refractivity contribution in [1.82, 2.24) is 10.2 Å². The van der Waals surface area contributed by atoms with Crippen LogP contribution in [-0.4, -0.2) is 34.8 Å². The van der Waals surface area contributed by atoms with Crippen LogP contribution < -0.4 is 20.1 Å². The second-order valence-corrected chi connectivity index (χ2v) is 9.09. The predicted molar refractivity (Wildman–Crippen MR) is 118 cm³/mol. The molecule has 0 aliphatic heterocycles. The van der Waals surface area contributed by atoms with Crippen LogP contribution in [0.2, 0.25) is 0 Å². The first-order valence-corrected chi connectivity index (χ1v) is 10.9. The van der Waals surface area contributed by atoms with Gasteiger partial charge < -0.3 is 20.1 Å². The van der Waals surface area contributed by atoms with Gasteiger partial charge in [-0.2, -0.15) is 0 Å². The number of benzene rings is 2. The van der Waals surface area contributed by atoms with E-state index in [1.54, 1.807) is 13.0 Å². The molecule has 0 bridgehead atoms. The second-order valence-electron chi connectivity index (χ2n) is 6.52. The molecule has 1 unspecified atom stereocenters. The number of thioether (sulfide) groups is 1. The Balaban J connectivity index is 1.57. The van der Waals surface area contributed by atoms with Gasteiger partial charge in [0.15, 0.2) is 4.34 Å². The van der Waals surface area contributed by atoms with Crippen molar-refractivity contribution in [3.63, 3.8) is 0 Å². The van der Waals surface area contributed by atoms with Crippen LogP contribution in [0, 0.1) is 6.92 Å². The van der Waals surface area contributed by atoms with E-state index >= 15 is 0 Å². The molecule has 0 fully saturated rings. The molecule has 0 radical (unpaired) electrons. The van der Waals surface area contributed by atoms with E-state index in [4.69, 9.17) is 4.74 Å². The first kappa shape index (κ1) is 23.7. The van der Waals surface area contributed by atoms with Gasteiger partial charge in [0, 0.05) is 5.69 Å². The SMILES string of the molecule is COc1ccc(C)cc1NC(=O)C(C)Sc1nnc(Nc2ccc(OC(F)(F)F)cc2)s1. The van der Waals surface area contributed by atoms with Crippen molar-refractivity contribution < 1.29 is 27.4 Å². The van der Waals surface area contributed by atoms with E-state index in [-0.39, 0.29) is 11.7 Å². The lowest BCUT2D eigenvalue weighted by atomic mass is 10.2. The van der Waals surface area contributed by atoms with Gasteiger partial charge in [0.05, 0.1) is 18.0 Å². The summed E-state index contributed by atoms with van der Waals surface area (Å²) in [5.41, 5.74) is 2.09. The van der Waals surface area contributed by atoms with Crippen LogP contribution >= 0.6 is 23.1 Å². The molecule has 1 heterocycles. The maximum atomic E-state index is 12.6. The summed E-state index contributed by atoms with van der Waals surface area (Å²) in [7, 11) is 1.53. The number of halogens is 3. The Morgan fingerprint density at radius 2 is 1.88 bits per heavy atom. The summed E-state index contributed by atoms with van der Waals surface area (Å²) in [4.78, 5) is 12.6. The van der Waals surface area contributed by atoms with Crippen molar-refractivity contribution >= 4 is 45.5 Å². The number of hydrogen-bond donors (Lipinski definition) is 2. The average Bonchev–Trinajstić information content (AvgIpc) is 3.15. The minimum atomic E-state index is -4.74. The van der Waals surface area contributed by atoms with Gasteiger partial charge >= 0.3 is 6.36 Å². The summed E-state index contributed by atoms with van der Waals surface area (Å²) < 4.78 is 46.4. The van der Waals surface area contributed by atoms with Gasteiger partial charge in [-0.3, -0.25) is 4.79 Å². The number of anilines is 3. The Bertz CT molecular complexity index is 1070. The third-order valence-electron chi connectivity index (χ3n) is 4.01. The van der Waals surface area contributed by atoms with Gasteiger partial charge in [0.1, 0.15) is 11.5 Å². The van der Waals surface area contributed by atoms with E-state index in [0.717, 1.165) is 5.56 Å². The topological polar surface area (TPSA) is 85.4 Å². The molecule has 0 aliphatic rings. The van der Waals surface area contributed by atoms with Gasteiger partial charge in [-0.25, -0.2) is 0 Å². The van der Waals surface area contributed by atoms with E-state index in [1.807, 2.05) is 19.1 Å². The van der Waals surface area contributed by atoms with Crippen LogP contribution in [0.15, 0.2) is 46.8 Å². The molecule has 7 nitrogen and oxygen atoms in total. The summed E-state index contributed by atoms with van der Waals surface area (Å²) in [6, 6.07) is 10.7. The fraction of sp³-hybridized carbons (Fsp3) is 0.250. The largest absolute Gasteiger partial charge is 0.573 e. The number of carbonyl (C=O) groups is 1. The Kier molecular flexibility index (Phi) is 7.46. The third-order valence-corrected chi connectivity index (χ3v) is 6.03. The molecule has 2 aromatic carbocycles. The van der Waals surface area contributed by atoms with Crippen molar-refractivity contribution in [3.05, 3.63) is 48.0 Å². The van der Waals surface area contributed by atoms with E-state index in [0.29, 0.717) is 26.6 Å². The Morgan fingerprint density at radius 3 is 2.53 bits per heavy atom. The number of amides is 1. The molecule has 0 aliphatic carbocycles. The normalized spacial score (nSPS) is 12.2. The fourth-order valence-corrected chi connectivity index (χ4v) is 4.45. The van der Waals surface area contributed by atoms with Gasteiger partial charge in [0.25, 0.3) is 0 Å². The summed E-state index contributed by atoms with van der Waals surface area (Å²) >= 11 is 2.45. The molecule has 3 rings (SSSR count). The lowest BCUT2D eigenvalue weighted by molar-refractivity contribution is -0.274. The van der Waals surface area contributed by atoms with E-state index in [2.05, 4.69) is 25.6 Å². The first-order chi connectivity index (χ1) is 15.1. The number of nitrogens with zero attached hydrogens (tertiary/aromatic N) is 2. The third kappa shape index (κ3) is 6.76. The monoisotopic (exact) mass is 484 g/mol. The lowest BCUT2D eigenvalue weighted by Crippen LogP contribution is -2.22. The van der Waals surface area contributed by atoms with Crippen LogP contribution in [0.1, 0.15) is 12.5 Å². The van der Waals surface area contributed by atoms with Crippen LogP contribution in [0.25, 0.3) is 0 Å². The molecule has 2 N–H and O–H groups in total. The number of rotatable bonds is 8. The number of hydrogen-bond acceptors (Lipinski definition) is 8. The Labute approximate surface area is 190 Å². The van der Waals surface area contributed by atoms with Gasteiger partial charge in [-0.05, 0) is 55.8 Å². The Morgan fingerprint density at radius 1 is 1.16 bits per heavy atom. The summed E-state index contributed by atoms with van der Waals surface area (Å²) in [6.07, 6.45) is -4.74. The van der Waals surface area contributed by atoms with Crippen molar-refractivity contribution in [3.8, 4) is 11.5 Å². The maximum absolute atomic E-state index is 12.6. The average molecular weight is 485 g/mol. The Hall–Kier alpha value is -2.99. The molecule has 1 aromatic heterocycles. The zero-order valence-electron chi connectivity index (χ0n) is 17.2. The van der Waals surface area contributed by atoms with E-state index in [1.165, 1.54) is 54.5 Å². The highest BCUT2D eigenvalue weighted by molar-refractivity contribution is 8.02.